The van der Waals surface area contributed by atoms with Gasteiger partial charge in [-0.15, -0.1) is 0 Å². The van der Waals surface area contributed by atoms with E-state index >= 15 is 0 Å². The Morgan fingerprint density at radius 2 is 1.84 bits per heavy atom. The van der Waals surface area contributed by atoms with Gasteiger partial charge in [-0.3, -0.25) is 4.79 Å². The molecule has 0 spiro atoms. The fourth-order valence-corrected chi connectivity index (χ4v) is 3.23. The molecule has 25 heavy (non-hydrogen) atoms. The van der Waals surface area contributed by atoms with E-state index in [0.717, 1.165) is 22.6 Å². The van der Waals surface area contributed by atoms with E-state index in [-0.39, 0.29) is 17.9 Å². The van der Waals surface area contributed by atoms with Gasteiger partial charge >= 0.3 is 0 Å². The number of ether oxygens (including phenoxy) is 3. The normalized spacial score (nSPS) is 16.2. The van der Waals surface area contributed by atoms with Crippen LogP contribution in [-0.4, -0.2) is 26.2 Å². The molecule has 0 fully saturated rings. The predicted molar refractivity (Wildman–Crippen MR) is 96.8 cm³/mol. The molecule has 0 aromatic heterocycles. The number of rotatable bonds is 5. The van der Waals surface area contributed by atoms with Crippen LogP contribution in [0.15, 0.2) is 36.4 Å². The zero-order chi connectivity index (χ0) is 18.0. The van der Waals surface area contributed by atoms with Gasteiger partial charge in [0.05, 0.1) is 26.0 Å². The first kappa shape index (κ1) is 17.1. The van der Waals surface area contributed by atoms with Gasteiger partial charge in [0, 0.05) is 35.6 Å². The molecule has 2 aromatic carbocycles. The van der Waals surface area contributed by atoms with Crippen LogP contribution in [-0.2, 0) is 4.79 Å². The topological polar surface area (TPSA) is 56.8 Å². The van der Waals surface area contributed by atoms with Crippen molar-refractivity contribution in [1.82, 2.24) is 0 Å². The second-order valence-corrected chi connectivity index (χ2v) is 6.30. The highest BCUT2D eigenvalue weighted by Gasteiger charge is 2.32. The fourth-order valence-electron chi connectivity index (χ4n) is 3.23. The quantitative estimate of drug-likeness (QED) is 0.894. The lowest BCUT2D eigenvalue weighted by Crippen LogP contribution is -2.24. The van der Waals surface area contributed by atoms with E-state index in [1.807, 2.05) is 50.2 Å². The summed E-state index contributed by atoms with van der Waals surface area (Å²) in [5, 5.41) is 2.93. The van der Waals surface area contributed by atoms with Gasteiger partial charge in [-0.2, -0.15) is 0 Å². The maximum Gasteiger partial charge on any atom is 0.225 e. The van der Waals surface area contributed by atoms with Crippen LogP contribution in [0.25, 0.3) is 0 Å². The Labute approximate surface area is 147 Å². The van der Waals surface area contributed by atoms with Crippen LogP contribution in [0, 0.1) is 0 Å². The third kappa shape index (κ3) is 3.40. The molecule has 0 aliphatic carbocycles. The highest BCUT2D eigenvalue weighted by atomic mass is 16.5. The Bertz CT molecular complexity index is 785. The third-order valence-electron chi connectivity index (χ3n) is 4.24. The molecule has 1 atom stereocenters. The highest BCUT2D eigenvalue weighted by Crippen LogP contribution is 2.46. The number of carbonyl (C=O) groups excluding carboxylic acids is 1. The molecular weight excluding hydrogens is 318 g/mol. The number of para-hydroxylation sites is 1. The van der Waals surface area contributed by atoms with Crippen LogP contribution in [0.1, 0.15) is 37.3 Å². The number of methoxy groups -OCH3 is 2. The summed E-state index contributed by atoms with van der Waals surface area (Å²) in [7, 11) is 3.22. The van der Waals surface area contributed by atoms with Crippen LogP contribution >= 0.6 is 0 Å². The first-order valence-electron chi connectivity index (χ1n) is 8.34. The molecule has 1 amide bonds. The number of hydrogen-bond acceptors (Lipinski definition) is 4. The van der Waals surface area contributed by atoms with Crippen molar-refractivity contribution in [2.24, 2.45) is 0 Å². The first-order chi connectivity index (χ1) is 12.0. The lowest BCUT2D eigenvalue weighted by molar-refractivity contribution is -0.116. The second-order valence-electron chi connectivity index (χ2n) is 6.30. The molecular formula is C20H23NO4. The van der Waals surface area contributed by atoms with Crippen molar-refractivity contribution in [3.8, 4) is 17.2 Å². The maximum atomic E-state index is 12.3. The average Bonchev–Trinajstić information content (AvgIpc) is 2.59. The summed E-state index contributed by atoms with van der Waals surface area (Å²) in [6, 6.07) is 11.5. The van der Waals surface area contributed by atoms with Gasteiger partial charge < -0.3 is 19.5 Å². The maximum absolute atomic E-state index is 12.3. The summed E-state index contributed by atoms with van der Waals surface area (Å²) in [6.07, 6.45) is 0.393. The average molecular weight is 341 g/mol. The largest absolute Gasteiger partial charge is 0.497 e. The number of nitrogens with one attached hydrogen (secondary N) is 1. The van der Waals surface area contributed by atoms with Crippen LogP contribution < -0.4 is 19.5 Å². The Morgan fingerprint density at radius 3 is 2.52 bits per heavy atom. The number of benzene rings is 2. The van der Waals surface area contributed by atoms with Crippen LogP contribution in [0.2, 0.25) is 0 Å². The highest BCUT2D eigenvalue weighted by molar-refractivity contribution is 5.96. The zero-order valence-electron chi connectivity index (χ0n) is 15.0. The Hall–Kier alpha value is -2.69. The van der Waals surface area contributed by atoms with E-state index in [9.17, 15) is 4.79 Å². The monoisotopic (exact) mass is 341 g/mol. The summed E-state index contributed by atoms with van der Waals surface area (Å²) >= 11 is 0. The lowest BCUT2D eigenvalue weighted by atomic mass is 9.83. The van der Waals surface area contributed by atoms with Gasteiger partial charge in [0.15, 0.2) is 0 Å². The summed E-state index contributed by atoms with van der Waals surface area (Å²) in [5.74, 6) is 1.95. The number of fused-ring (bicyclic) bond motifs is 1. The van der Waals surface area contributed by atoms with Crippen molar-refractivity contribution >= 4 is 11.6 Å². The van der Waals surface area contributed by atoms with Crippen molar-refractivity contribution in [1.29, 1.82) is 0 Å². The van der Waals surface area contributed by atoms with Crippen molar-refractivity contribution in [2.45, 2.75) is 32.3 Å². The molecule has 2 aromatic rings. The van der Waals surface area contributed by atoms with E-state index < -0.39 is 0 Å². The first-order valence-corrected chi connectivity index (χ1v) is 8.34. The minimum Gasteiger partial charge on any atom is -0.497 e. The molecule has 0 radical (unpaired) electrons. The van der Waals surface area contributed by atoms with Gasteiger partial charge in [-0.1, -0.05) is 18.2 Å². The molecule has 5 nitrogen and oxygen atoms in total. The molecule has 0 saturated carbocycles. The SMILES string of the molecule is COc1cc2c(c(OC)c1)[C@H](c1ccccc1OC(C)C)CC(=O)N2. The lowest BCUT2D eigenvalue weighted by Gasteiger charge is -2.29. The summed E-state index contributed by atoms with van der Waals surface area (Å²) in [6.45, 7) is 3.98. The van der Waals surface area contributed by atoms with Gasteiger partial charge in [0.25, 0.3) is 0 Å². The fraction of sp³-hybridized carbons (Fsp3) is 0.350. The number of anilines is 1. The zero-order valence-corrected chi connectivity index (χ0v) is 15.0. The molecule has 1 aliphatic rings. The van der Waals surface area contributed by atoms with Crippen LogP contribution in [0.5, 0.6) is 17.2 Å². The van der Waals surface area contributed by atoms with Crippen molar-refractivity contribution in [2.75, 3.05) is 19.5 Å². The molecule has 0 unspecified atom stereocenters. The van der Waals surface area contributed by atoms with Gasteiger partial charge in [-0.05, 0) is 19.9 Å². The van der Waals surface area contributed by atoms with Gasteiger partial charge in [0.1, 0.15) is 17.2 Å². The summed E-state index contributed by atoms with van der Waals surface area (Å²) < 4.78 is 16.9. The summed E-state index contributed by atoms with van der Waals surface area (Å²) in [4.78, 5) is 12.3. The molecule has 5 heteroatoms. The number of hydrogen-bond donors (Lipinski definition) is 1. The molecule has 0 saturated heterocycles. The van der Waals surface area contributed by atoms with Crippen LogP contribution in [0.3, 0.4) is 0 Å². The van der Waals surface area contributed by atoms with E-state index in [0.29, 0.717) is 17.9 Å². The molecule has 1 N–H and O–H groups in total. The van der Waals surface area contributed by atoms with Crippen molar-refractivity contribution in [3.05, 3.63) is 47.5 Å². The smallest absolute Gasteiger partial charge is 0.225 e. The Kier molecular flexibility index (Phi) is 4.83. The molecule has 1 aliphatic heterocycles. The minimum atomic E-state index is -0.139. The number of carbonyl (C=O) groups is 1. The van der Waals surface area contributed by atoms with E-state index in [1.165, 1.54) is 0 Å². The van der Waals surface area contributed by atoms with Gasteiger partial charge in [0.2, 0.25) is 5.91 Å². The standard InChI is InChI=1S/C20H23NO4/c1-12(2)25-17-8-6-5-7-14(17)15-11-19(22)21-16-9-13(23-3)10-18(24-4)20(15)16/h5-10,12,15H,11H2,1-4H3,(H,21,22)/t15-/m0/s1. The Morgan fingerprint density at radius 1 is 1.08 bits per heavy atom. The van der Waals surface area contributed by atoms with Crippen molar-refractivity contribution in [3.63, 3.8) is 0 Å². The molecule has 1 heterocycles. The van der Waals surface area contributed by atoms with Gasteiger partial charge in [-0.25, -0.2) is 0 Å². The van der Waals surface area contributed by atoms with Crippen LogP contribution in [0.4, 0.5) is 5.69 Å². The molecule has 3 rings (SSSR count). The summed E-state index contributed by atoms with van der Waals surface area (Å²) in [5.41, 5.74) is 2.65. The van der Waals surface area contributed by atoms with Crippen molar-refractivity contribution < 1.29 is 19.0 Å². The Balaban J connectivity index is 2.16. The van der Waals surface area contributed by atoms with E-state index in [4.69, 9.17) is 14.2 Å². The van der Waals surface area contributed by atoms with E-state index in [1.54, 1.807) is 14.2 Å². The minimum absolute atomic E-state index is 0.0350. The third-order valence-corrected chi connectivity index (χ3v) is 4.24. The predicted octanol–water partition coefficient (Wildman–Crippen LogP) is 3.97. The molecule has 0 bridgehead atoms. The number of amides is 1. The van der Waals surface area contributed by atoms with E-state index in [2.05, 4.69) is 5.32 Å². The second kappa shape index (κ2) is 7.05. The molecule has 132 valence electrons.